The molecule has 1 unspecified atom stereocenters. The average Bonchev–Trinajstić information content (AvgIpc) is 3.69. The Morgan fingerprint density at radius 3 is 2.40 bits per heavy atom. The number of carboxylic acid groups (broad SMARTS) is 1. The number of benzene rings is 3. The third kappa shape index (κ3) is 9.72. The fraction of sp³-hybridized carbons (Fsp3) is 0.396. The van der Waals surface area contributed by atoms with Crippen LogP contribution in [0.25, 0.3) is 31.8 Å². The van der Waals surface area contributed by atoms with Gasteiger partial charge in [0.05, 0.1) is 27.2 Å². The molecule has 340 valence electrons. The van der Waals surface area contributed by atoms with Crippen molar-refractivity contribution in [2.45, 2.75) is 76.8 Å². The first-order valence-corrected chi connectivity index (χ1v) is 23.3. The van der Waals surface area contributed by atoms with E-state index in [4.69, 9.17) is 47.1 Å². The molecule has 6 heterocycles. The Hall–Kier alpha value is -5.16. The lowest BCUT2D eigenvalue weighted by atomic mass is 9.87. The van der Waals surface area contributed by atoms with Gasteiger partial charge in [-0.3, -0.25) is 4.90 Å². The zero-order valence-corrected chi connectivity index (χ0v) is 38.6. The molecule has 3 aromatic heterocycles. The third-order valence-electron chi connectivity index (χ3n) is 12.5. The fourth-order valence-corrected chi connectivity index (χ4v) is 10.5. The van der Waals surface area contributed by atoms with Gasteiger partial charge in [0.1, 0.15) is 53.6 Å². The number of halogens is 3. The zero-order chi connectivity index (χ0) is 45.4. The molecule has 6 aromatic rings. The van der Waals surface area contributed by atoms with Crippen molar-refractivity contribution in [1.82, 2.24) is 29.7 Å². The normalized spacial score (nSPS) is 20.7. The van der Waals surface area contributed by atoms with E-state index < -0.39 is 24.0 Å². The Morgan fingerprint density at radius 2 is 1.68 bits per heavy atom. The van der Waals surface area contributed by atoms with Crippen molar-refractivity contribution in [1.29, 1.82) is 0 Å². The summed E-state index contributed by atoms with van der Waals surface area (Å²) >= 11 is 16.0. The fourth-order valence-electron chi connectivity index (χ4n) is 8.89. The second-order valence-electron chi connectivity index (χ2n) is 17.0. The molecular weight excluding hydrogens is 895 g/mol. The van der Waals surface area contributed by atoms with Crippen LogP contribution in [-0.2, 0) is 17.8 Å². The van der Waals surface area contributed by atoms with Crippen molar-refractivity contribution < 1.29 is 38.3 Å². The van der Waals surface area contributed by atoms with Crippen molar-refractivity contribution in [3.63, 3.8) is 0 Å². The second-order valence-corrected chi connectivity index (χ2v) is 18.8. The summed E-state index contributed by atoms with van der Waals surface area (Å²) in [6.07, 6.45) is 3.66. The lowest BCUT2D eigenvalue weighted by molar-refractivity contribution is -0.145. The van der Waals surface area contributed by atoms with Gasteiger partial charge in [0.2, 0.25) is 12.0 Å². The number of aliphatic hydroxyl groups is 1. The molecule has 17 heteroatoms. The lowest BCUT2D eigenvalue weighted by Crippen LogP contribution is -2.49. The minimum atomic E-state index is -1.46. The van der Waals surface area contributed by atoms with E-state index in [0.29, 0.717) is 107 Å². The number of hydrogen-bond donors (Lipinski definition) is 2. The van der Waals surface area contributed by atoms with Gasteiger partial charge in [0.15, 0.2) is 5.75 Å². The first kappa shape index (κ1) is 45.0. The maximum atomic E-state index is 14.4. The monoisotopic (exact) mass is 942 g/mol. The Labute approximate surface area is 390 Å². The summed E-state index contributed by atoms with van der Waals surface area (Å²) in [4.78, 5) is 37.7. The topological polar surface area (TPSA) is 152 Å². The number of rotatable bonds is 8. The molecule has 2 fully saturated rings. The number of nitrogens with zero attached hydrogens (tertiary/aromatic N) is 6. The van der Waals surface area contributed by atoms with Crippen molar-refractivity contribution in [3.8, 4) is 44.7 Å². The van der Waals surface area contributed by atoms with E-state index in [2.05, 4.69) is 31.8 Å². The number of thiophene rings is 1. The number of aliphatic carboxylic acids is 1. The number of carboxylic acids is 1. The van der Waals surface area contributed by atoms with Crippen LogP contribution in [0.15, 0.2) is 61.1 Å². The summed E-state index contributed by atoms with van der Waals surface area (Å²) in [6.45, 7) is 7.96. The third-order valence-corrected chi connectivity index (χ3v) is 14.6. The molecule has 0 amide bonds. The molecule has 3 aromatic carbocycles. The highest BCUT2D eigenvalue weighted by atomic mass is 35.5. The quantitative estimate of drug-likeness (QED) is 0.150. The van der Waals surface area contributed by atoms with E-state index in [1.807, 2.05) is 13.8 Å². The number of ether oxygens (including phenoxy) is 4. The summed E-state index contributed by atoms with van der Waals surface area (Å²) in [5.41, 5.74) is 4.45. The van der Waals surface area contributed by atoms with E-state index >= 15 is 0 Å². The Morgan fingerprint density at radius 1 is 0.938 bits per heavy atom. The zero-order valence-electron chi connectivity index (χ0n) is 36.2. The predicted octanol–water partition coefficient (Wildman–Crippen LogP) is 8.94. The minimum absolute atomic E-state index is 0.0311. The van der Waals surface area contributed by atoms with Crippen LogP contribution < -0.4 is 18.9 Å². The van der Waals surface area contributed by atoms with Gasteiger partial charge in [0, 0.05) is 67.3 Å². The Bertz CT molecular complexity index is 2680. The molecule has 13 nitrogen and oxygen atoms in total. The molecule has 1 aliphatic carbocycles. The summed E-state index contributed by atoms with van der Waals surface area (Å²) in [6, 6.07) is 13.2. The highest BCUT2D eigenvalue weighted by Crippen LogP contribution is 2.53. The van der Waals surface area contributed by atoms with Crippen LogP contribution in [0, 0.1) is 19.7 Å². The number of hydrogen-bond acceptors (Lipinski definition) is 13. The number of carbonyl (C=O) groups is 1. The van der Waals surface area contributed by atoms with Gasteiger partial charge in [0.25, 0.3) is 0 Å². The van der Waals surface area contributed by atoms with Gasteiger partial charge in [-0.25, -0.2) is 29.1 Å². The van der Waals surface area contributed by atoms with Gasteiger partial charge in [-0.15, -0.1) is 11.3 Å². The molecule has 4 aliphatic rings. The highest BCUT2D eigenvalue weighted by molar-refractivity contribution is 7.22. The largest absolute Gasteiger partial charge is 0.490 e. The molecule has 1 saturated carbocycles. The Balaban J connectivity index is 1.15. The highest BCUT2D eigenvalue weighted by Gasteiger charge is 2.32. The standard InChI is InChI=1S/C48H49Cl2FN6O7S/c1-26-38-27(2)42(50)43(41(26)49)63-35(22-57-18-16-56(3)17-19-57)24-61-34-12-13-36(62-23-32-14-15-52-45(55-32)29-6-10-33(58)11-7-29)30(20-34)21-37(48(59)60)64-46-40-39(38)44(65-47(40)54-25-53-46)28-4-8-31(51)9-5-28/h4-5,8-9,12-15,20,25,29,33,35,37,58H,6-7,10-11,16-19,21-24H2,1-3H3,(H,59,60)/t29-,33-,35?,37-/m1/s1. The van der Waals surface area contributed by atoms with E-state index in [-0.39, 0.29) is 37.5 Å². The van der Waals surface area contributed by atoms with Crippen LogP contribution in [0.2, 0.25) is 10.0 Å². The number of likely N-dealkylation sites (N-methyl/N-ethyl adjacent to an activating group) is 1. The molecule has 2 atom stereocenters. The molecule has 65 heavy (non-hydrogen) atoms. The van der Waals surface area contributed by atoms with E-state index in [1.54, 1.807) is 42.6 Å². The Kier molecular flexibility index (Phi) is 13.4. The molecule has 2 N–H and O–H groups in total. The molecule has 3 aliphatic heterocycles. The molecule has 10 rings (SSSR count). The van der Waals surface area contributed by atoms with Crippen molar-refractivity contribution in [2.24, 2.45) is 0 Å². The summed E-state index contributed by atoms with van der Waals surface area (Å²) in [7, 11) is 2.10. The van der Waals surface area contributed by atoms with Crippen LogP contribution >= 0.6 is 34.5 Å². The average molecular weight is 944 g/mol. The van der Waals surface area contributed by atoms with E-state index in [0.717, 1.165) is 39.0 Å². The maximum absolute atomic E-state index is 14.4. The predicted molar refractivity (Wildman–Crippen MR) is 247 cm³/mol. The molecule has 4 bridgehead atoms. The number of fused-ring (bicyclic) bond motifs is 7. The van der Waals surface area contributed by atoms with Crippen LogP contribution in [0.1, 0.15) is 59.8 Å². The van der Waals surface area contributed by atoms with Gasteiger partial charge >= 0.3 is 5.97 Å². The van der Waals surface area contributed by atoms with Crippen molar-refractivity contribution in [3.05, 3.63) is 105 Å². The van der Waals surface area contributed by atoms with Crippen LogP contribution in [0.3, 0.4) is 0 Å². The van der Waals surface area contributed by atoms with Gasteiger partial charge in [-0.1, -0.05) is 35.3 Å². The van der Waals surface area contributed by atoms with Crippen molar-refractivity contribution in [2.75, 3.05) is 46.4 Å². The molecule has 1 saturated heterocycles. The van der Waals surface area contributed by atoms with Gasteiger partial charge in [-0.2, -0.15) is 0 Å². The van der Waals surface area contributed by atoms with Crippen LogP contribution in [0.5, 0.6) is 23.1 Å². The summed E-state index contributed by atoms with van der Waals surface area (Å²) in [5.74, 6) is 0.466. The van der Waals surface area contributed by atoms with Crippen molar-refractivity contribution >= 4 is 50.7 Å². The van der Waals surface area contributed by atoms with Gasteiger partial charge in [-0.05, 0) is 105 Å². The van der Waals surface area contributed by atoms with Gasteiger partial charge < -0.3 is 34.1 Å². The number of piperazine rings is 1. The minimum Gasteiger partial charge on any atom is -0.490 e. The smallest absolute Gasteiger partial charge is 0.345 e. The molecular formula is C48H49Cl2FN6O7S. The number of aliphatic hydroxyl groups excluding tert-OH is 1. The maximum Gasteiger partial charge on any atom is 0.345 e. The lowest BCUT2D eigenvalue weighted by Gasteiger charge is -2.35. The second kappa shape index (κ2) is 19.4. The van der Waals surface area contributed by atoms with Crippen LogP contribution in [-0.4, -0.2) is 111 Å². The number of aromatic nitrogens is 4. The summed E-state index contributed by atoms with van der Waals surface area (Å²) < 4.78 is 40.6. The SMILES string of the molecule is Cc1c(Cl)c2c(Cl)c(C)c1-c1c(-c3ccc(F)cc3)sc3ncnc(c13)O[C@@H](C(=O)O)Cc1cc(ccc1OCc1ccnc([C@H]3CC[C@H](O)CC3)n1)OCC(CN1CCN(C)CC1)O2. The van der Waals surface area contributed by atoms with Crippen LogP contribution in [0.4, 0.5) is 4.39 Å². The first-order valence-electron chi connectivity index (χ1n) is 21.8. The summed E-state index contributed by atoms with van der Waals surface area (Å²) in [5, 5.41) is 22.0. The first-order chi connectivity index (χ1) is 31.4. The van der Waals surface area contributed by atoms with E-state index in [9.17, 15) is 19.4 Å². The van der Waals surface area contributed by atoms with E-state index in [1.165, 1.54) is 29.8 Å². The molecule has 0 radical (unpaired) electrons. The molecule has 0 spiro atoms.